The van der Waals surface area contributed by atoms with E-state index >= 15 is 0 Å². The lowest BCUT2D eigenvalue weighted by molar-refractivity contribution is 0.0322. The maximum atomic E-state index is 6.08. The lowest BCUT2D eigenvalue weighted by Gasteiger charge is -2.26. The minimum absolute atomic E-state index is 0.517. The molecular formula is C21H34N4O2S. The molecule has 1 heterocycles. The van der Waals surface area contributed by atoms with Gasteiger partial charge in [-0.1, -0.05) is 18.2 Å². The van der Waals surface area contributed by atoms with E-state index in [-0.39, 0.29) is 0 Å². The third-order valence-corrected chi connectivity index (χ3v) is 6.56. The molecule has 7 heteroatoms. The normalized spacial score (nSPS) is 23.6. The molecule has 1 aromatic carbocycles. The zero-order valence-corrected chi connectivity index (χ0v) is 18.0. The second-order valence-corrected chi connectivity index (χ2v) is 8.49. The van der Waals surface area contributed by atoms with Crippen LogP contribution in [0.15, 0.2) is 29.3 Å². The van der Waals surface area contributed by atoms with Crippen molar-refractivity contribution in [2.45, 2.75) is 37.1 Å². The Morgan fingerprint density at radius 3 is 2.86 bits per heavy atom. The van der Waals surface area contributed by atoms with Gasteiger partial charge in [-0.25, -0.2) is 0 Å². The van der Waals surface area contributed by atoms with Crippen LogP contribution in [0, 0.1) is 0 Å². The first-order valence-corrected chi connectivity index (χ1v) is 11.6. The average Bonchev–Trinajstić information content (AvgIpc) is 3.20. The highest BCUT2D eigenvalue weighted by Gasteiger charge is 2.24. The number of nitrogens with zero attached hydrogens (tertiary/aromatic N) is 2. The number of morpholine rings is 1. The van der Waals surface area contributed by atoms with Crippen LogP contribution in [0.5, 0.6) is 5.75 Å². The molecule has 0 spiro atoms. The van der Waals surface area contributed by atoms with Crippen LogP contribution in [-0.4, -0.2) is 74.9 Å². The van der Waals surface area contributed by atoms with Gasteiger partial charge in [-0.3, -0.25) is 9.89 Å². The largest absolute Gasteiger partial charge is 0.492 e. The zero-order chi connectivity index (χ0) is 19.6. The number of guanidine groups is 1. The fourth-order valence-electron chi connectivity index (χ4n) is 3.75. The number of hydrogen-bond donors (Lipinski definition) is 2. The van der Waals surface area contributed by atoms with Crippen molar-refractivity contribution in [3.63, 3.8) is 0 Å². The predicted molar refractivity (Wildman–Crippen MR) is 117 cm³/mol. The number of benzene rings is 1. The third-order valence-electron chi connectivity index (χ3n) is 5.47. The van der Waals surface area contributed by atoms with E-state index in [0.29, 0.717) is 19.2 Å². The van der Waals surface area contributed by atoms with Crippen LogP contribution < -0.4 is 15.4 Å². The van der Waals surface area contributed by atoms with Gasteiger partial charge in [0.2, 0.25) is 0 Å². The molecule has 2 unspecified atom stereocenters. The molecule has 28 heavy (non-hydrogen) atoms. The number of nitrogens with one attached hydrogen (secondary N) is 2. The summed E-state index contributed by atoms with van der Waals surface area (Å²) in [4.78, 5) is 6.79. The fourth-order valence-corrected chi connectivity index (χ4v) is 4.55. The fraction of sp³-hybridized carbons (Fsp3) is 0.667. The molecule has 2 N–H and O–H groups in total. The van der Waals surface area contributed by atoms with E-state index in [0.717, 1.165) is 55.4 Å². The molecule has 1 aliphatic heterocycles. The van der Waals surface area contributed by atoms with Gasteiger partial charge in [-0.15, -0.1) is 0 Å². The van der Waals surface area contributed by atoms with E-state index in [9.17, 15) is 0 Å². The first-order valence-electron chi connectivity index (χ1n) is 10.3. The second kappa shape index (κ2) is 11.5. The Bertz CT molecular complexity index is 622. The van der Waals surface area contributed by atoms with Crippen LogP contribution in [0.2, 0.25) is 0 Å². The Labute approximate surface area is 173 Å². The molecule has 0 amide bonds. The lowest BCUT2D eigenvalue weighted by atomic mass is 10.2. The van der Waals surface area contributed by atoms with Crippen molar-refractivity contribution in [2.24, 2.45) is 4.99 Å². The Balaban J connectivity index is 1.45. The smallest absolute Gasteiger partial charge is 0.191 e. The zero-order valence-electron chi connectivity index (χ0n) is 17.2. The van der Waals surface area contributed by atoms with E-state index < -0.39 is 0 Å². The number of thioether (sulfide) groups is 1. The standard InChI is InChI=1S/C21H34N4O2S/c1-22-21(24-18-7-8-19(15-18)28-2)23-16-17-5-3-4-6-20(17)27-14-11-25-9-12-26-13-10-25/h3-6,18-19H,7-16H2,1-2H3,(H2,22,23,24). The summed E-state index contributed by atoms with van der Waals surface area (Å²) < 4.78 is 11.5. The van der Waals surface area contributed by atoms with Crippen LogP contribution in [0.1, 0.15) is 24.8 Å². The molecule has 3 rings (SSSR count). The van der Waals surface area contributed by atoms with Crippen molar-refractivity contribution in [3.05, 3.63) is 29.8 Å². The summed E-state index contributed by atoms with van der Waals surface area (Å²) in [5.74, 6) is 1.82. The van der Waals surface area contributed by atoms with Crippen LogP contribution in [-0.2, 0) is 11.3 Å². The molecule has 6 nitrogen and oxygen atoms in total. The number of rotatable bonds is 8. The van der Waals surface area contributed by atoms with Gasteiger partial charge in [-0.05, 0) is 31.6 Å². The molecule has 0 radical (unpaired) electrons. The van der Waals surface area contributed by atoms with Crippen molar-refractivity contribution < 1.29 is 9.47 Å². The average molecular weight is 407 g/mol. The minimum Gasteiger partial charge on any atom is -0.492 e. The van der Waals surface area contributed by atoms with E-state index in [1.54, 1.807) is 0 Å². The van der Waals surface area contributed by atoms with Crippen molar-refractivity contribution in [2.75, 3.05) is 52.8 Å². The van der Waals surface area contributed by atoms with Crippen LogP contribution in [0.25, 0.3) is 0 Å². The third kappa shape index (κ3) is 6.57. The summed E-state index contributed by atoms with van der Waals surface area (Å²) in [6.07, 6.45) is 5.92. The number of hydrogen-bond acceptors (Lipinski definition) is 5. The Morgan fingerprint density at radius 2 is 2.11 bits per heavy atom. The molecule has 0 aromatic heterocycles. The highest BCUT2D eigenvalue weighted by atomic mass is 32.2. The van der Waals surface area contributed by atoms with Crippen molar-refractivity contribution in [1.82, 2.24) is 15.5 Å². The van der Waals surface area contributed by atoms with E-state index in [1.807, 2.05) is 30.9 Å². The summed E-state index contributed by atoms with van der Waals surface area (Å²) in [6, 6.07) is 8.77. The van der Waals surface area contributed by atoms with Crippen molar-refractivity contribution in [3.8, 4) is 5.75 Å². The van der Waals surface area contributed by atoms with E-state index in [4.69, 9.17) is 9.47 Å². The molecule has 1 saturated heterocycles. The first kappa shape index (κ1) is 21.3. The minimum atomic E-state index is 0.517. The SMILES string of the molecule is CN=C(NCc1ccccc1OCCN1CCOCC1)NC1CCC(SC)C1. The summed E-state index contributed by atoms with van der Waals surface area (Å²) >= 11 is 1.97. The Kier molecular flexibility index (Phi) is 8.76. The molecule has 2 atom stereocenters. The summed E-state index contributed by atoms with van der Waals surface area (Å²) in [6.45, 7) is 5.97. The number of aliphatic imine (C=N–C) groups is 1. The van der Waals surface area contributed by atoms with Gasteiger partial charge >= 0.3 is 0 Å². The van der Waals surface area contributed by atoms with Gasteiger partial charge < -0.3 is 20.1 Å². The van der Waals surface area contributed by atoms with E-state index in [1.165, 1.54) is 19.3 Å². The van der Waals surface area contributed by atoms with Gasteiger partial charge in [0.05, 0.1) is 13.2 Å². The quantitative estimate of drug-likeness (QED) is 0.511. The van der Waals surface area contributed by atoms with Gasteiger partial charge in [0.15, 0.2) is 5.96 Å². The van der Waals surface area contributed by atoms with Gasteiger partial charge in [0.25, 0.3) is 0 Å². The number of para-hydroxylation sites is 1. The predicted octanol–water partition coefficient (Wildman–Crippen LogP) is 2.35. The monoisotopic (exact) mass is 406 g/mol. The lowest BCUT2D eigenvalue weighted by Crippen LogP contribution is -2.42. The maximum absolute atomic E-state index is 6.08. The highest BCUT2D eigenvalue weighted by molar-refractivity contribution is 7.99. The highest BCUT2D eigenvalue weighted by Crippen LogP contribution is 2.28. The van der Waals surface area contributed by atoms with Crippen LogP contribution in [0.4, 0.5) is 0 Å². The summed E-state index contributed by atoms with van der Waals surface area (Å²) in [5.41, 5.74) is 1.15. The Hall–Kier alpha value is -1.44. The van der Waals surface area contributed by atoms with E-state index in [2.05, 4.69) is 38.9 Å². The van der Waals surface area contributed by atoms with Gasteiger partial charge in [0, 0.05) is 50.1 Å². The van der Waals surface area contributed by atoms with Crippen molar-refractivity contribution >= 4 is 17.7 Å². The molecule has 2 fully saturated rings. The van der Waals surface area contributed by atoms with Gasteiger partial charge in [0.1, 0.15) is 12.4 Å². The molecule has 1 aliphatic carbocycles. The molecule has 0 bridgehead atoms. The van der Waals surface area contributed by atoms with Crippen LogP contribution >= 0.6 is 11.8 Å². The maximum Gasteiger partial charge on any atom is 0.191 e. The molecule has 1 saturated carbocycles. The molecule has 156 valence electrons. The molecule has 1 aromatic rings. The Morgan fingerprint density at radius 1 is 1.29 bits per heavy atom. The van der Waals surface area contributed by atoms with Crippen molar-refractivity contribution in [1.29, 1.82) is 0 Å². The summed E-state index contributed by atoms with van der Waals surface area (Å²) in [7, 11) is 1.83. The summed E-state index contributed by atoms with van der Waals surface area (Å²) in [5, 5.41) is 7.80. The van der Waals surface area contributed by atoms with Gasteiger partial charge in [-0.2, -0.15) is 11.8 Å². The first-order chi connectivity index (χ1) is 13.8. The molecular weight excluding hydrogens is 372 g/mol. The second-order valence-electron chi connectivity index (χ2n) is 7.35. The topological polar surface area (TPSA) is 58.1 Å². The number of ether oxygens (including phenoxy) is 2. The van der Waals surface area contributed by atoms with Crippen LogP contribution in [0.3, 0.4) is 0 Å². The molecule has 2 aliphatic rings.